The van der Waals surface area contributed by atoms with Crippen molar-refractivity contribution in [1.29, 1.82) is 0 Å². The standard InChI is InChI=1S/C6H13NO4/c7-1-3(8)6-5(10)4(9)2-11-6/h3-6,8-10H,1-2,7H2/t3-,4+,5+,6+/m0/s1. The van der Waals surface area contributed by atoms with E-state index in [-0.39, 0.29) is 13.2 Å². The minimum atomic E-state index is -1.02. The number of hydrogen-bond donors (Lipinski definition) is 4. The van der Waals surface area contributed by atoms with Crippen LogP contribution in [0.15, 0.2) is 0 Å². The lowest BCUT2D eigenvalue weighted by Gasteiger charge is -2.19. The highest BCUT2D eigenvalue weighted by molar-refractivity contribution is 4.87. The fraction of sp³-hybridized carbons (Fsp3) is 1.00. The van der Waals surface area contributed by atoms with E-state index in [1.165, 1.54) is 0 Å². The molecule has 4 atom stereocenters. The molecule has 0 unspecified atom stereocenters. The highest BCUT2D eigenvalue weighted by atomic mass is 16.5. The molecular formula is C6H13NO4. The number of aliphatic hydroxyl groups is 3. The summed E-state index contributed by atoms with van der Waals surface area (Å²) in [5.41, 5.74) is 5.14. The van der Waals surface area contributed by atoms with Crippen LogP contribution in [0.1, 0.15) is 0 Å². The highest BCUT2D eigenvalue weighted by Gasteiger charge is 2.38. The molecule has 0 radical (unpaired) electrons. The maximum Gasteiger partial charge on any atom is 0.113 e. The summed E-state index contributed by atoms with van der Waals surface area (Å²) in [6.45, 7) is 0.0807. The van der Waals surface area contributed by atoms with E-state index in [2.05, 4.69) is 0 Å². The first-order valence-corrected chi connectivity index (χ1v) is 3.52. The summed E-state index contributed by atoms with van der Waals surface area (Å²) in [6, 6.07) is 0. The van der Waals surface area contributed by atoms with E-state index < -0.39 is 24.4 Å². The Morgan fingerprint density at radius 3 is 2.55 bits per heavy atom. The molecule has 66 valence electrons. The molecule has 0 aliphatic carbocycles. The van der Waals surface area contributed by atoms with Crippen molar-refractivity contribution < 1.29 is 20.1 Å². The van der Waals surface area contributed by atoms with Gasteiger partial charge in [-0.05, 0) is 0 Å². The summed E-state index contributed by atoms with van der Waals surface area (Å²) in [6.07, 6.45) is -3.56. The van der Waals surface area contributed by atoms with Crippen LogP contribution < -0.4 is 5.73 Å². The number of ether oxygens (including phenoxy) is 1. The Labute approximate surface area is 64.4 Å². The Bertz CT molecular complexity index is 132. The van der Waals surface area contributed by atoms with Crippen molar-refractivity contribution in [3.8, 4) is 0 Å². The minimum absolute atomic E-state index is 0.0223. The van der Waals surface area contributed by atoms with Crippen LogP contribution in [0.3, 0.4) is 0 Å². The van der Waals surface area contributed by atoms with Crippen LogP contribution in [0.2, 0.25) is 0 Å². The number of aliphatic hydroxyl groups excluding tert-OH is 3. The normalized spacial score (nSPS) is 40.9. The Kier molecular flexibility index (Phi) is 2.80. The van der Waals surface area contributed by atoms with Crippen molar-refractivity contribution in [1.82, 2.24) is 0 Å². The van der Waals surface area contributed by atoms with E-state index in [0.717, 1.165) is 0 Å². The predicted octanol–water partition coefficient (Wildman–Crippen LogP) is -2.57. The van der Waals surface area contributed by atoms with Crippen LogP contribution in [-0.4, -0.2) is 52.9 Å². The first-order chi connectivity index (χ1) is 5.16. The van der Waals surface area contributed by atoms with Gasteiger partial charge < -0.3 is 25.8 Å². The second-order valence-corrected chi connectivity index (χ2v) is 2.66. The number of rotatable bonds is 2. The van der Waals surface area contributed by atoms with Crippen LogP contribution in [-0.2, 0) is 4.74 Å². The summed E-state index contributed by atoms with van der Waals surface area (Å²) in [5, 5.41) is 27.3. The average molecular weight is 163 g/mol. The van der Waals surface area contributed by atoms with Gasteiger partial charge in [0.05, 0.1) is 12.7 Å². The molecule has 1 aliphatic rings. The van der Waals surface area contributed by atoms with Crippen molar-refractivity contribution in [2.75, 3.05) is 13.2 Å². The number of hydrogen-bond acceptors (Lipinski definition) is 5. The van der Waals surface area contributed by atoms with Crippen LogP contribution in [0, 0.1) is 0 Å². The van der Waals surface area contributed by atoms with E-state index in [9.17, 15) is 0 Å². The predicted molar refractivity (Wildman–Crippen MR) is 36.8 cm³/mol. The second-order valence-electron chi connectivity index (χ2n) is 2.66. The van der Waals surface area contributed by atoms with E-state index in [0.29, 0.717) is 0 Å². The van der Waals surface area contributed by atoms with Gasteiger partial charge in [-0.2, -0.15) is 0 Å². The molecule has 1 saturated heterocycles. The quantitative estimate of drug-likeness (QED) is 0.359. The van der Waals surface area contributed by atoms with Crippen LogP contribution >= 0.6 is 0 Å². The minimum Gasteiger partial charge on any atom is -0.389 e. The maximum atomic E-state index is 9.17. The van der Waals surface area contributed by atoms with Crippen molar-refractivity contribution in [2.24, 2.45) is 5.73 Å². The van der Waals surface area contributed by atoms with Crippen molar-refractivity contribution >= 4 is 0 Å². The monoisotopic (exact) mass is 163 g/mol. The molecule has 0 spiro atoms. The first kappa shape index (κ1) is 8.89. The Hall–Kier alpha value is -0.200. The molecule has 0 aromatic carbocycles. The molecule has 0 amide bonds. The average Bonchev–Trinajstić information content (AvgIpc) is 2.32. The van der Waals surface area contributed by atoms with Gasteiger partial charge in [0.15, 0.2) is 0 Å². The third kappa shape index (κ3) is 1.69. The first-order valence-electron chi connectivity index (χ1n) is 3.52. The molecule has 1 heterocycles. The van der Waals surface area contributed by atoms with Gasteiger partial charge in [0.25, 0.3) is 0 Å². The van der Waals surface area contributed by atoms with Gasteiger partial charge in [-0.25, -0.2) is 0 Å². The van der Waals surface area contributed by atoms with E-state index in [1.54, 1.807) is 0 Å². The molecular weight excluding hydrogens is 150 g/mol. The molecule has 1 fully saturated rings. The van der Waals surface area contributed by atoms with E-state index >= 15 is 0 Å². The van der Waals surface area contributed by atoms with Crippen molar-refractivity contribution in [3.05, 3.63) is 0 Å². The third-order valence-corrected chi connectivity index (χ3v) is 1.81. The van der Waals surface area contributed by atoms with Crippen molar-refractivity contribution in [3.63, 3.8) is 0 Å². The molecule has 1 rings (SSSR count). The van der Waals surface area contributed by atoms with Gasteiger partial charge in [0, 0.05) is 6.54 Å². The lowest BCUT2D eigenvalue weighted by Crippen LogP contribution is -2.42. The smallest absolute Gasteiger partial charge is 0.113 e. The largest absolute Gasteiger partial charge is 0.389 e. The van der Waals surface area contributed by atoms with Crippen molar-refractivity contribution in [2.45, 2.75) is 24.4 Å². The SMILES string of the molecule is NC[C@H](O)[C@H]1OC[C@@H](O)[C@H]1O. The lowest BCUT2D eigenvalue weighted by atomic mass is 10.1. The Morgan fingerprint density at radius 2 is 2.18 bits per heavy atom. The lowest BCUT2D eigenvalue weighted by molar-refractivity contribution is -0.0465. The fourth-order valence-corrected chi connectivity index (χ4v) is 1.10. The van der Waals surface area contributed by atoms with Gasteiger partial charge in [-0.1, -0.05) is 0 Å². The van der Waals surface area contributed by atoms with Gasteiger partial charge in [0.1, 0.15) is 18.3 Å². The molecule has 1 aliphatic heterocycles. The van der Waals surface area contributed by atoms with Gasteiger partial charge in [-0.3, -0.25) is 0 Å². The van der Waals surface area contributed by atoms with E-state index in [1.807, 2.05) is 0 Å². The Morgan fingerprint density at radius 1 is 1.55 bits per heavy atom. The van der Waals surface area contributed by atoms with Crippen LogP contribution in [0.25, 0.3) is 0 Å². The number of nitrogens with two attached hydrogens (primary N) is 1. The van der Waals surface area contributed by atoms with Crippen LogP contribution in [0.5, 0.6) is 0 Å². The summed E-state index contributed by atoms with van der Waals surface area (Å²) < 4.78 is 4.90. The molecule has 0 aromatic heterocycles. The zero-order valence-corrected chi connectivity index (χ0v) is 6.05. The molecule has 0 saturated carbocycles. The maximum absolute atomic E-state index is 9.17. The third-order valence-electron chi connectivity index (χ3n) is 1.81. The summed E-state index contributed by atoms with van der Waals surface area (Å²) in [5.74, 6) is 0. The second kappa shape index (κ2) is 3.46. The molecule has 0 aromatic rings. The molecule has 5 N–H and O–H groups in total. The molecule has 11 heavy (non-hydrogen) atoms. The van der Waals surface area contributed by atoms with Gasteiger partial charge >= 0.3 is 0 Å². The topological polar surface area (TPSA) is 95.9 Å². The van der Waals surface area contributed by atoms with E-state index in [4.69, 9.17) is 25.8 Å². The van der Waals surface area contributed by atoms with Gasteiger partial charge in [0.2, 0.25) is 0 Å². The zero-order chi connectivity index (χ0) is 8.43. The summed E-state index contributed by atoms with van der Waals surface area (Å²) in [7, 11) is 0. The fourth-order valence-electron chi connectivity index (χ4n) is 1.10. The summed E-state index contributed by atoms with van der Waals surface area (Å²) in [4.78, 5) is 0. The van der Waals surface area contributed by atoms with Gasteiger partial charge in [-0.15, -0.1) is 0 Å². The summed E-state index contributed by atoms with van der Waals surface area (Å²) >= 11 is 0. The molecule has 5 nitrogen and oxygen atoms in total. The highest BCUT2D eigenvalue weighted by Crippen LogP contribution is 2.16. The van der Waals surface area contributed by atoms with Crippen LogP contribution in [0.4, 0.5) is 0 Å². The molecule has 5 heteroatoms. The molecule has 0 bridgehead atoms. The zero-order valence-electron chi connectivity index (χ0n) is 6.05. The Balaban J connectivity index is 2.47.